The lowest BCUT2D eigenvalue weighted by Gasteiger charge is -2.13. The molecule has 2 amide bonds. The SMILES string of the molecule is COC(=O)C(=O)C(C/C(C)=N/NC(N)=O)C(=O)c1ccccc1. The summed E-state index contributed by atoms with van der Waals surface area (Å²) in [5.41, 5.74) is 7.43. The lowest BCUT2D eigenvalue weighted by atomic mass is 9.89. The average molecular weight is 319 g/mol. The first-order valence-corrected chi connectivity index (χ1v) is 6.66. The summed E-state index contributed by atoms with van der Waals surface area (Å²) in [6.07, 6.45) is -0.151. The smallest absolute Gasteiger partial charge is 0.375 e. The van der Waals surface area contributed by atoms with Crippen molar-refractivity contribution in [1.82, 2.24) is 5.43 Å². The lowest BCUT2D eigenvalue weighted by molar-refractivity contribution is -0.152. The van der Waals surface area contributed by atoms with Gasteiger partial charge in [-0.2, -0.15) is 5.10 Å². The third-order valence-electron chi connectivity index (χ3n) is 2.93. The summed E-state index contributed by atoms with van der Waals surface area (Å²) in [4.78, 5) is 46.7. The number of carbonyl (C=O) groups is 4. The molecule has 0 aromatic heterocycles. The molecule has 23 heavy (non-hydrogen) atoms. The standard InChI is InChI=1S/C15H17N3O5/c1-9(17-18-15(16)22)8-11(13(20)14(21)23-2)12(19)10-6-4-3-5-7-10/h3-7,11H,8H2,1-2H3,(H3,16,18,22)/b17-9+. The van der Waals surface area contributed by atoms with Crippen LogP contribution in [0.2, 0.25) is 0 Å². The van der Waals surface area contributed by atoms with Gasteiger partial charge in [0.1, 0.15) is 0 Å². The minimum Gasteiger partial charge on any atom is -0.463 e. The number of ketones is 2. The minimum atomic E-state index is -1.29. The van der Waals surface area contributed by atoms with Crippen LogP contribution in [0.25, 0.3) is 0 Å². The van der Waals surface area contributed by atoms with E-state index in [2.05, 4.69) is 9.84 Å². The van der Waals surface area contributed by atoms with E-state index in [9.17, 15) is 19.2 Å². The molecule has 3 N–H and O–H groups in total. The zero-order valence-corrected chi connectivity index (χ0v) is 12.7. The number of hydrogen-bond donors (Lipinski definition) is 2. The van der Waals surface area contributed by atoms with Crippen LogP contribution in [-0.4, -0.2) is 36.4 Å². The molecular weight excluding hydrogens is 302 g/mol. The van der Waals surface area contributed by atoms with Crippen molar-refractivity contribution in [2.45, 2.75) is 13.3 Å². The van der Waals surface area contributed by atoms with Crippen LogP contribution in [0.4, 0.5) is 4.79 Å². The van der Waals surface area contributed by atoms with Crippen LogP contribution in [0.3, 0.4) is 0 Å². The number of methoxy groups -OCH3 is 1. The number of nitrogens with one attached hydrogen (secondary N) is 1. The van der Waals surface area contributed by atoms with E-state index < -0.39 is 29.5 Å². The van der Waals surface area contributed by atoms with Crippen molar-refractivity contribution in [2.75, 3.05) is 7.11 Å². The molecule has 0 spiro atoms. The maximum Gasteiger partial charge on any atom is 0.375 e. The van der Waals surface area contributed by atoms with E-state index >= 15 is 0 Å². The first kappa shape index (κ1) is 18.0. The number of hydrogen-bond acceptors (Lipinski definition) is 6. The van der Waals surface area contributed by atoms with Crippen LogP contribution in [-0.2, 0) is 14.3 Å². The van der Waals surface area contributed by atoms with Crippen LogP contribution >= 0.6 is 0 Å². The molecule has 122 valence electrons. The quantitative estimate of drug-likeness (QED) is 0.190. The van der Waals surface area contributed by atoms with Crippen molar-refractivity contribution in [3.8, 4) is 0 Å². The molecule has 0 bridgehead atoms. The van der Waals surface area contributed by atoms with Crippen molar-refractivity contribution in [3.05, 3.63) is 35.9 Å². The second-order valence-electron chi connectivity index (χ2n) is 4.67. The highest BCUT2D eigenvalue weighted by atomic mass is 16.5. The fourth-order valence-corrected chi connectivity index (χ4v) is 1.84. The molecule has 0 aliphatic rings. The summed E-state index contributed by atoms with van der Waals surface area (Å²) in [7, 11) is 1.06. The molecule has 0 heterocycles. The highest BCUT2D eigenvalue weighted by Gasteiger charge is 2.33. The Bertz CT molecular complexity index is 640. The summed E-state index contributed by atoms with van der Waals surface area (Å²) in [6, 6.07) is 7.19. The Labute approximate surface area is 132 Å². The number of amides is 2. The number of carbonyl (C=O) groups excluding carboxylic acids is 4. The van der Waals surface area contributed by atoms with Gasteiger partial charge in [0.2, 0.25) is 0 Å². The Balaban J connectivity index is 3.05. The molecule has 0 aliphatic heterocycles. The number of ether oxygens (including phenoxy) is 1. The Morgan fingerprint density at radius 2 is 1.83 bits per heavy atom. The van der Waals surface area contributed by atoms with Gasteiger partial charge in [-0.25, -0.2) is 15.0 Å². The number of benzene rings is 1. The van der Waals surface area contributed by atoms with Gasteiger partial charge in [0.15, 0.2) is 5.78 Å². The third-order valence-corrected chi connectivity index (χ3v) is 2.93. The molecule has 0 saturated carbocycles. The molecule has 1 unspecified atom stereocenters. The van der Waals surface area contributed by atoms with Gasteiger partial charge >= 0.3 is 12.0 Å². The molecule has 0 fully saturated rings. The summed E-state index contributed by atoms with van der Waals surface area (Å²) < 4.78 is 4.39. The lowest BCUT2D eigenvalue weighted by Crippen LogP contribution is -2.33. The summed E-state index contributed by atoms with van der Waals surface area (Å²) in [6.45, 7) is 1.49. The molecule has 1 aromatic carbocycles. The monoisotopic (exact) mass is 319 g/mol. The first-order valence-electron chi connectivity index (χ1n) is 6.66. The zero-order chi connectivity index (χ0) is 17.4. The molecule has 0 aliphatic carbocycles. The maximum atomic E-state index is 12.5. The van der Waals surface area contributed by atoms with Crippen molar-refractivity contribution in [1.29, 1.82) is 0 Å². The molecule has 1 atom stereocenters. The van der Waals surface area contributed by atoms with E-state index in [1.165, 1.54) is 19.1 Å². The Hall–Kier alpha value is -3.03. The number of hydrazone groups is 1. The largest absolute Gasteiger partial charge is 0.463 e. The minimum absolute atomic E-state index is 0.151. The van der Waals surface area contributed by atoms with Crippen LogP contribution in [0, 0.1) is 5.92 Å². The Morgan fingerprint density at radius 3 is 2.35 bits per heavy atom. The van der Waals surface area contributed by atoms with Gasteiger partial charge < -0.3 is 10.5 Å². The first-order chi connectivity index (χ1) is 10.9. The topological polar surface area (TPSA) is 128 Å². The normalized spacial score (nSPS) is 12.2. The molecular formula is C15H17N3O5. The summed E-state index contributed by atoms with van der Waals surface area (Å²) in [5.74, 6) is -3.91. The van der Waals surface area contributed by atoms with Crippen molar-refractivity contribution in [2.24, 2.45) is 16.8 Å². The van der Waals surface area contributed by atoms with E-state index in [0.29, 0.717) is 0 Å². The summed E-state index contributed by atoms with van der Waals surface area (Å²) >= 11 is 0. The number of nitrogens with two attached hydrogens (primary N) is 1. The van der Waals surface area contributed by atoms with E-state index in [0.717, 1.165) is 7.11 Å². The van der Waals surface area contributed by atoms with Gasteiger partial charge in [-0.3, -0.25) is 9.59 Å². The van der Waals surface area contributed by atoms with Crippen LogP contribution < -0.4 is 11.2 Å². The molecule has 8 nitrogen and oxygen atoms in total. The van der Waals surface area contributed by atoms with Crippen molar-refractivity contribution < 1.29 is 23.9 Å². The second kappa shape index (κ2) is 8.42. The predicted octanol–water partition coefficient (Wildman–Crippen LogP) is 0.662. The molecule has 8 heteroatoms. The van der Waals surface area contributed by atoms with Gasteiger partial charge in [0, 0.05) is 17.7 Å². The number of esters is 1. The number of rotatable bonds is 7. The molecule has 0 saturated heterocycles. The molecule has 1 rings (SSSR count). The van der Waals surface area contributed by atoms with E-state index in [1.807, 2.05) is 5.43 Å². The number of nitrogens with zero attached hydrogens (tertiary/aromatic N) is 1. The fraction of sp³-hybridized carbons (Fsp3) is 0.267. The van der Waals surface area contributed by atoms with Gasteiger partial charge in [0.25, 0.3) is 5.78 Å². The van der Waals surface area contributed by atoms with Gasteiger partial charge in [0.05, 0.1) is 13.0 Å². The maximum absolute atomic E-state index is 12.5. The van der Waals surface area contributed by atoms with E-state index in [1.54, 1.807) is 18.2 Å². The fourth-order valence-electron chi connectivity index (χ4n) is 1.84. The van der Waals surface area contributed by atoms with E-state index in [-0.39, 0.29) is 17.7 Å². The highest BCUT2D eigenvalue weighted by Crippen LogP contribution is 2.15. The Kier molecular flexibility index (Phi) is 6.60. The Morgan fingerprint density at radius 1 is 1.22 bits per heavy atom. The highest BCUT2D eigenvalue weighted by molar-refractivity contribution is 6.40. The van der Waals surface area contributed by atoms with E-state index in [4.69, 9.17) is 5.73 Å². The predicted molar refractivity (Wildman–Crippen MR) is 81.7 cm³/mol. The molecule has 0 radical (unpaired) electrons. The molecule has 1 aromatic rings. The van der Waals surface area contributed by atoms with Crippen LogP contribution in [0.15, 0.2) is 35.4 Å². The van der Waals surface area contributed by atoms with Crippen molar-refractivity contribution >= 4 is 29.3 Å². The van der Waals surface area contributed by atoms with Gasteiger partial charge in [-0.1, -0.05) is 30.3 Å². The number of Topliss-reactive ketones (excluding diaryl/α,β-unsaturated/α-hetero) is 2. The van der Waals surface area contributed by atoms with Gasteiger partial charge in [-0.15, -0.1) is 0 Å². The number of urea groups is 1. The third kappa shape index (κ3) is 5.34. The van der Waals surface area contributed by atoms with Crippen LogP contribution in [0.1, 0.15) is 23.7 Å². The average Bonchev–Trinajstić information content (AvgIpc) is 2.56. The van der Waals surface area contributed by atoms with Crippen LogP contribution in [0.5, 0.6) is 0 Å². The zero-order valence-electron chi connectivity index (χ0n) is 12.7. The number of primary amides is 1. The second-order valence-corrected chi connectivity index (χ2v) is 4.67. The van der Waals surface area contributed by atoms with Gasteiger partial charge in [-0.05, 0) is 6.92 Å². The summed E-state index contributed by atoms with van der Waals surface area (Å²) in [5, 5.41) is 3.64. The van der Waals surface area contributed by atoms with Crippen molar-refractivity contribution in [3.63, 3.8) is 0 Å².